The summed E-state index contributed by atoms with van der Waals surface area (Å²) in [5.41, 5.74) is 6.77. The van der Waals surface area contributed by atoms with Crippen molar-refractivity contribution in [3.8, 4) is 6.07 Å². The van der Waals surface area contributed by atoms with Crippen molar-refractivity contribution in [2.24, 2.45) is 0 Å². The first-order valence-electron chi connectivity index (χ1n) is 6.98. The molecule has 1 fully saturated rings. The number of nitrogens with zero attached hydrogens (tertiary/aromatic N) is 3. The van der Waals surface area contributed by atoms with Gasteiger partial charge in [-0.15, -0.1) is 0 Å². The highest BCUT2D eigenvalue weighted by atomic mass is 16.6. The molecule has 0 saturated carbocycles. The third-order valence-electron chi connectivity index (χ3n) is 3.41. The number of nitrogens with two attached hydrogens (primary N) is 1. The number of nitriles is 1. The van der Waals surface area contributed by atoms with Crippen LogP contribution in [-0.4, -0.2) is 41.7 Å². The van der Waals surface area contributed by atoms with Gasteiger partial charge in [0.15, 0.2) is 0 Å². The fraction of sp³-hybridized carbons (Fsp3) is 0.500. The van der Waals surface area contributed by atoms with Gasteiger partial charge in [0, 0.05) is 25.3 Å². The van der Waals surface area contributed by atoms with E-state index in [0.717, 1.165) is 12.8 Å². The highest BCUT2D eigenvalue weighted by molar-refractivity contribution is 5.68. The normalized spacial score (nSPS) is 15.3. The van der Waals surface area contributed by atoms with Gasteiger partial charge in [0.05, 0.1) is 17.9 Å². The summed E-state index contributed by atoms with van der Waals surface area (Å²) in [6.45, 7) is 3.48. The van der Waals surface area contributed by atoms with E-state index >= 15 is 0 Å². The maximum atomic E-state index is 11.6. The zero-order valence-corrected chi connectivity index (χ0v) is 12.0. The summed E-state index contributed by atoms with van der Waals surface area (Å²) in [6, 6.07) is 3.81. The van der Waals surface area contributed by atoms with Crippen molar-refractivity contribution < 1.29 is 9.53 Å². The summed E-state index contributed by atoms with van der Waals surface area (Å²) >= 11 is 0. The molecule has 1 aliphatic rings. The molecule has 0 aliphatic carbocycles. The van der Waals surface area contributed by atoms with Crippen molar-refractivity contribution in [1.29, 1.82) is 5.26 Å². The van der Waals surface area contributed by atoms with Crippen molar-refractivity contribution in [3.05, 3.63) is 17.8 Å². The van der Waals surface area contributed by atoms with E-state index in [4.69, 9.17) is 15.7 Å². The first-order chi connectivity index (χ1) is 10.1. The second kappa shape index (κ2) is 6.79. The van der Waals surface area contributed by atoms with Crippen LogP contribution in [0, 0.1) is 11.3 Å². The minimum absolute atomic E-state index is 0.207. The number of likely N-dealkylation sites (tertiary alicyclic amines) is 1. The van der Waals surface area contributed by atoms with E-state index in [9.17, 15) is 4.79 Å². The van der Waals surface area contributed by atoms with Crippen LogP contribution < -0.4 is 11.1 Å². The summed E-state index contributed by atoms with van der Waals surface area (Å²) in [6.07, 6.45) is 2.85. The molecule has 3 N–H and O–H groups in total. The maximum absolute atomic E-state index is 11.6. The van der Waals surface area contributed by atoms with E-state index in [-0.39, 0.29) is 12.1 Å². The number of piperidine rings is 1. The van der Waals surface area contributed by atoms with E-state index in [1.54, 1.807) is 17.9 Å². The zero-order chi connectivity index (χ0) is 15.2. The lowest BCUT2D eigenvalue weighted by Crippen LogP contribution is -2.42. The molecule has 1 amide bonds. The maximum Gasteiger partial charge on any atom is 0.409 e. The van der Waals surface area contributed by atoms with Gasteiger partial charge in [-0.2, -0.15) is 5.26 Å². The molecular weight excluding hydrogens is 270 g/mol. The predicted molar refractivity (Wildman–Crippen MR) is 78.6 cm³/mol. The molecule has 21 heavy (non-hydrogen) atoms. The average Bonchev–Trinajstić information content (AvgIpc) is 2.50. The summed E-state index contributed by atoms with van der Waals surface area (Å²) in [4.78, 5) is 17.5. The Balaban J connectivity index is 1.89. The van der Waals surface area contributed by atoms with Gasteiger partial charge in [-0.25, -0.2) is 9.78 Å². The van der Waals surface area contributed by atoms with Crippen LogP contribution in [-0.2, 0) is 4.74 Å². The zero-order valence-electron chi connectivity index (χ0n) is 12.0. The number of aromatic nitrogens is 1. The van der Waals surface area contributed by atoms with Gasteiger partial charge in [-0.3, -0.25) is 0 Å². The summed E-state index contributed by atoms with van der Waals surface area (Å²) in [7, 11) is 0. The van der Waals surface area contributed by atoms with E-state index in [1.807, 2.05) is 6.07 Å². The fourth-order valence-electron chi connectivity index (χ4n) is 2.28. The van der Waals surface area contributed by atoms with Gasteiger partial charge in [0.1, 0.15) is 11.9 Å². The fourth-order valence-corrected chi connectivity index (χ4v) is 2.28. The van der Waals surface area contributed by atoms with Crippen molar-refractivity contribution in [3.63, 3.8) is 0 Å². The van der Waals surface area contributed by atoms with Crippen LogP contribution in [0.2, 0.25) is 0 Å². The molecule has 0 unspecified atom stereocenters. The lowest BCUT2D eigenvalue weighted by Gasteiger charge is -2.32. The molecule has 0 atom stereocenters. The minimum atomic E-state index is -0.257. The van der Waals surface area contributed by atoms with Crippen LogP contribution in [0.25, 0.3) is 0 Å². The Bertz CT molecular complexity index is 547. The number of hydrogen-bond acceptors (Lipinski definition) is 6. The van der Waals surface area contributed by atoms with Crippen molar-refractivity contribution in [2.45, 2.75) is 25.8 Å². The molecule has 2 heterocycles. The Morgan fingerprint density at radius 2 is 2.33 bits per heavy atom. The highest BCUT2D eigenvalue weighted by Crippen LogP contribution is 2.21. The smallest absolute Gasteiger partial charge is 0.409 e. The summed E-state index contributed by atoms with van der Waals surface area (Å²) < 4.78 is 4.98. The molecule has 0 aromatic carbocycles. The molecule has 1 aromatic heterocycles. The van der Waals surface area contributed by atoms with Gasteiger partial charge in [-0.05, 0) is 25.8 Å². The van der Waals surface area contributed by atoms with Crippen molar-refractivity contribution >= 4 is 17.6 Å². The number of carbonyl (C=O) groups is 1. The molecule has 0 radical (unpaired) electrons. The third-order valence-corrected chi connectivity index (χ3v) is 3.41. The van der Waals surface area contributed by atoms with Crippen LogP contribution >= 0.6 is 0 Å². The van der Waals surface area contributed by atoms with Gasteiger partial charge in [-0.1, -0.05) is 0 Å². The van der Waals surface area contributed by atoms with Gasteiger partial charge in [0.25, 0.3) is 0 Å². The van der Waals surface area contributed by atoms with Crippen molar-refractivity contribution in [2.75, 3.05) is 30.7 Å². The Morgan fingerprint density at radius 1 is 1.62 bits per heavy atom. The predicted octanol–water partition coefficient (Wildman–Crippen LogP) is 1.57. The molecular formula is C14H19N5O2. The Hall–Kier alpha value is -2.49. The van der Waals surface area contributed by atoms with Crippen molar-refractivity contribution in [1.82, 2.24) is 9.88 Å². The second-order valence-electron chi connectivity index (χ2n) is 4.88. The first kappa shape index (κ1) is 14.9. The number of nitrogens with one attached hydrogen (secondary N) is 1. The number of carbonyl (C=O) groups excluding carboxylic acids is 1. The monoisotopic (exact) mass is 289 g/mol. The quantitative estimate of drug-likeness (QED) is 0.875. The molecule has 2 rings (SSSR count). The lowest BCUT2D eigenvalue weighted by atomic mass is 10.1. The van der Waals surface area contributed by atoms with E-state index in [1.165, 1.54) is 6.20 Å². The largest absolute Gasteiger partial charge is 0.450 e. The molecule has 1 aromatic rings. The van der Waals surface area contributed by atoms with Gasteiger partial charge in [0.2, 0.25) is 0 Å². The molecule has 1 aliphatic heterocycles. The van der Waals surface area contributed by atoms with Crippen LogP contribution in [0.5, 0.6) is 0 Å². The van der Waals surface area contributed by atoms with E-state index in [0.29, 0.717) is 36.8 Å². The molecule has 0 spiro atoms. The molecule has 7 nitrogen and oxygen atoms in total. The van der Waals surface area contributed by atoms with Crippen LogP contribution in [0.1, 0.15) is 25.3 Å². The molecule has 7 heteroatoms. The van der Waals surface area contributed by atoms with Crippen LogP contribution in [0.3, 0.4) is 0 Å². The molecule has 0 bridgehead atoms. The number of nitrogen functional groups attached to an aromatic ring is 1. The van der Waals surface area contributed by atoms with Gasteiger partial charge >= 0.3 is 6.09 Å². The minimum Gasteiger partial charge on any atom is -0.450 e. The SMILES string of the molecule is CCOC(=O)N1CCC(Nc2ncc(C#N)cc2N)CC1. The second-order valence-corrected chi connectivity index (χ2v) is 4.88. The number of pyridine rings is 1. The third kappa shape index (κ3) is 3.75. The van der Waals surface area contributed by atoms with Gasteiger partial charge < -0.3 is 20.7 Å². The summed E-state index contributed by atoms with van der Waals surface area (Å²) in [5.74, 6) is 0.587. The summed E-state index contributed by atoms with van der Waals surface area (Å²) in [5, 5.41) is 12.1. The average molecular weight is 289 g/mol. The van der Waals surface area contributed by atoms with E-state index in [2.05, 4.69) is 10.3 Å². The van der Waals surface area contributed by atoms with Crippen LogP contribution in [0.4, 0.5) is 16.3 Å². The number of amides is 1. The first-order valence-corrected chi connectivity index (χ1v) is 6.98. The number of anilines is 2. The van der Waals surface area contributed by atoms with E-state index < -0.39 is 0 Å². The Kier molecular flexibility index (Phi) is 4.82. The Labute approximate surface area is 123 Å². The topological polar surface area (TPSA) is 104 Å². The standard InChI is InChI=1S/C14H19N5O2/c1-2-21-14(20)19-5-3-11(4-6-19)18-13-12(16)7-10(8-15)9-17-13/h7,9,11H,2-6,16H2,1H3,(H,17,18). The molecule has 112 valence electrons. The number of rotatable bonds is 3. The highest BCUT2D eigenvalue weighted by Gasteiger charge is 2.24. The number of hydrogen-bond donors (Lipinski definition) is 2. The number of ether oxygens (including phenoxy) is 1. The molecule has 1 saturated heterocycles. The lowest BCUT2D eigenvalue weighted by molar-refractivity contribution is 0.0983. The van der Waals surface area contributed by atoms with Crippen LogP contribution in [0.15, 0.2) is 12.3 Å². The Morgan fingerprint density at radius 3 is 2.90 bits per heavy atom.